The lowest BCUT2D eigenvalue weighted by molar-refractivity contribution is -0.385. The number of carbonyl (C=O) groups excluding carboxylic acids is 2. The summed E-state index contributed by atoms with van der Waals surface area (Å²) in [7, 11) is 0. The number of hydrogen-bond acceptors (Lipinski definition) is 6. The molecular weight excluding hydrogens is 280 g/mol. The first-order valence-corrected chi connectivity index (χ1v) is 6.16. The fourth-order valence-electron chi connectivity index (χ4n) is 1.57. The molecule has 0 spiro atoms. The van der Waals surface area contributed by atoms with Crippen LogP contribution in [-0.4, -0.2) is 33.2 Å². The maximum absolute atomic E-state index is 11.8. The van der Waals surface area contributed by atoms with Crippen molar-refractivity contribution in [2.45, 2.75) is 27.3 Å². The Hall–Kier alpha value is -2.71. The normalized spacial score (nSPS) is 11.1. The zero-order chi connectivity index (χ0) is 16.0. The van der Waals surface area contributed by atoms with Gasteiger partial charge in [-0.3, -0.25) is 19.6 Å². The summed E-state index contributed by atoms with van der Waals surface area (Å²) in [6, 6.07) is 0. The Morgan fingerprint density at radius 3 is 2.76 bits per heavy atom. The summed E-state index contributed by atoms with van der Waals surface area (Å²) < 4.78 is 5.92. The Labute approximate surface area is 120 Å². The van der Waals surface area contributed by atoms with Crippen LogP contribution in [0.5, 0.6) is 0 Å². The summed E-state index contributed by atoms with van der Waals surface area (Å²) in [6.45, 7) is 4.76. The zero-order valence-corrected chi connectivity index (χ0v) is 12.0. The summed E-state index contributed by atoms with van der Waals surface area (Å²) in [4.78, 5) is 33.0. The standard InChI is InChI=1S/C12H16N4O5/c1-4-21-12(18)5-8(2)14-11(17)7-15-9(3)10(6-13-15)16(19)20/h5-6H,4,7H2,1-3H3,(H,14,17)/b8-5+. The van der Waals surface area contributed by atoms with Gasteiger partial charge >= 0.3 is 11.7 Å². The number of aromatic nitrogens is 2. The predicted octanol–water partition coefficient (Wildman–Crippen LogP) is 0.683. The van der Waals surface area contributed by atoms with Crippen molar-refractivity contribution in [2.24, 2.45) is 0 Å². The number of nitrogens with zero attached hydrogens (tertiary/aromatic N) is 3. The van der Waals surface area contributed by atoms with E-state index < -0.39 is 16.8 Å². The van der Waals surface area contributed by atoms with Crippen molar-refractivity contribution in [1.82, 2.24) is 15.1 Å². The van der Waals surface area contributed by atoms with Gasteiger partial charge in [0.15, 0.2) is 0 Å². The number of nitro groups is 1. The van der Waals surface area contributed by atoms with E-state index in [1.54, 1.807) is 6.92 Å². The van der Waals surface area contributed by atoms with Crippen molar-refractivity contribution in [2.75, 3.05) is 6.61 Å². The monoisotopic (exact) mass is 296 g/mol. The Morgan fingerprint density at radius 2 is 2.24 bits per heavy atom. The Bertz CT molecular complexity index is 590. The van der Waals surface area contributed by atoms with Gasteiger partial charge in [0.25, 0.3) is 0 Å². The molecule has 0 aliphatic rings. The van der Waals surface area contributed by atoms with Crippen LogP contribution in [0, 0.1) is 17.0 Å². The van der Waals surface area contributed by atoms with Crippen molar-refractivity contribution in [3.8, 4) is 0 Å². The fraction of sp³-hybridized carbons (Fsp3) is 0.417. The topological polar surface area (TPSA) is 116 Å². The molecule has 0 radical (unpaired) electrons. The van der Waals surface area contributed by atoms with Gasteiger partial charge in [-0.25, -0.2) is 4.79 Å². The summed E-state index contributed by atoms with van der Waals surface area (Å²) in [6.07, 6.45) is 2.24. The average molecular weight is 296 g/mol. The highest BCUT2D eigenvalue weighted by Gasteiger charge is 2.17. The van der Waals surface area contributed by atoms with E-state index in [9.17, 15) is 19.7 Å². The third kappa shape index (κ3) is 4.71. The van der Waals surface area contributed by atoms with E-state index in [4.69, 9.17) is 4.74 Å². The van der Waals surface area contributed by atoms with Gasteiger partial charge in [0.05, 0.1) is 11.5 Å². The van der Waals surface area contributed by atoms with Gasteiger partial charge < -0.3 is 10.1 Å². The van der Waals surface area contributed by atoms with Gasteiger partial charge in [0.1, 0.15) is 18.4 Å². The number of nitrogens with one attached hydrogen (secondary N) is 1. The summed E-state index contributed by atoms with van der Waals surface area (Å²) >= 11 is 0. The molecule has 0 atom stereocenters. The lowest BCUT2D eigenvalue weighted by Gasteiger charge is -2.06. The van der Waals surface area contributed by atoms with Gasteiger partial charge in [-0.15, -0.1) is 0 Å². The van der Waals surface area contributed by atoms with E-state index in [2.05, 4.69) is 10.4 Å². The number of amides is 1. The predicted molar refractivity (Wildman–Crippen MR) is 72.2 cm³/mol. The van der Waals surface area contributed by atoms with Crippen LogP contribution >= 0.6 is 0 Å². The molecule has 0 fully saturated rings. The molecule has 0 aliphatic carbocycles. The van der Waals surface area contributed by atoms with Crippen LogP contribution in [0.4, 0.5) is 5.69 Å². The molecule has 1 aromatic heterocycles. The smallest absolute Gasteiger partial charge is 0.332 e. The average Bonchev–Trinajstić information content (AvgIpc) is 2.70. The van der Waals surface area contributed by atoms with Gasteiger partial charge in [-0.2, -0.15) is 5.10 Å². The van der Waals surface area contributed by atoms with E-state index in [0.29, 0.717) is 5.70 Å². The van der Waals surface area contributed by atoms with E-state index >= 15 is 0 Å². The van der Waals surface area contributed by atoms with Gasteiger partial charge in [0, 0.05) is 11.8 Å². The number of hydrogen-bond donors (Lipinski definition) is 1. The van der Waals surface area contributed by atoms with E-state index in [0.717, 1.165) is 12.3 Å². The SMILES string of the molecule is CCOC(=O)/C=C(\C)NC(=O)Cn1ncc([N+](=O)[O-])c1C. The first kappa shape index (κ1) is 16.3. The minimum Gasteiger partial charge on any atom is -0.463 e. The number of allylic oxidation sites excluding steroid dienone is 1. The van der Waals surface area contributed by atoms with Crippen LogP contribution in [-0.2, 0) is 20.9 Å². The third-order valence-electron chi connectivity index (χ3n) is 2.52. The Morgan fingerprint density at radius 1 is 1.57 bits per heavy atom. The lowest BCUT2D eigenvalue weighted by atomic mass is 10.4. The molecule has 0 aromatic carbocycles. The van der Waals surface area contributed by atoms with E-state index in [-0.39, 0.29) is 24.5 Å². The highest BCUT2D eigenvalue weighted by Crippen LogP contribution is 2.15. The van der Waals surface area contributed by atoms with Crippen molar-refractivity contribution in [3.05, 3.63) is 33.8 Å². The highest BCUT2D eigenvalue weighted by molar-refractivity contribution is 5.84. The molecule has 9 nitrogen and oxygen atoms in total. The molecule has 0 saturated carbocycles. The highest BCUT2D eigenvalue weighted by atomic mass is 16.6. The number of carbonyl (C=O) groups is 2. The molecule has 1 heterocycles. The second kappa shape index (κ2) is 7.17. The molecule has 1 rings (SSSR count). The van der Waals surface area contributed by atoms with Crippen LogP contribution in [0.3, 0.4) is 0 Å². The van der Waals surface area contributed by atoms with Crippen LogP contribution < -0.4 is 5.32 Å². The van der Waals surface area contributed by atoms with Gasteiger partial charge in [-0.1, -0.05) is 0 Å². The molecule has 1 N–H and O–H groups in total. The molecule has 1 amide bonds. The number of ether oxygens (including phenoxy) is 1. The summed E-state index contributed by atoms with van der Waals surface area (Å²) in [5.41, 5.74) is 0.446. The molecule has 0 aliphatic heterocycles. The minimum absolute atomic E-state index is 0.151. The van der Waals surface area contributed by atoms with Crippen molar-refractivity contribution < 1.29 is 19.2 Å². The minimum atomic E-state index is -0.567. The molecule has 114 valence electrons. The molecule has 1 aromatic rings. The summed E-state index contributed by atoms with van der Waals surface area (Å²) in [5, 5.41) is 16.9. The molecule has 0 saturated heterocycles. The second-order valence-electron chi connectivity index (χ2n) is 4.16. The zero-order valence-electron chi connectivity index (χ0n) is 12.0. The first-order valence-electron chi connectivity index (χ1n) is 6.16. The van der Waals surface area contributed by atoms with Crippen LogP contribution in [0.15, 0.2) is 18.0 Å². The molecule has 21 heavy (non-hydrogen) atoms. The molecular formula is C12H16N4O5. The first-order chi connectivity index (χ1) is 9.85. The molecule has 9 heteroatoms. The van der Waals surface area contributed by atoms with Crippen molar-refractivity contribution >= 4 is 17.6 Å². The largest absolute Gasteiger partial charge is 0.463 e. The van der Waals surface area contributed by atoms with Crippen LogP contribution in [0.1, 0.15) is 19.5 Å². The quantitative estimate of drug-likeness (QED) is 0.357. The molecule has 0 bridgehead atoms. The molecule has 0 unspecified atom stereocenters. The third-order valence-corrected chi connectivity index (χ3v) is 2.52. The second-order valence-corrected chi connectivity index (χ2v) is 4.16. The van der Waals surface area contributed by atoms with Crippen LogP contribution in [0.25, 0.3) is 0 Å². The van der Waals surface area contributed by atoms with Gasteiger partial charge in [-0.05, 0) is 20.8 Å². The lowest BCUT2D eigenvalue weighted by Crippen LogP contribution is -2.27. The Balaban J connectivity index is 2.66. The van der Waals surface area contributed by atoms with Crippen molar-refractivity contribution in [3.63, 3.8) is 0 Å². The van der Waals surface area contributed by atoms with Gasteiger partial charge in [0.2, 0.25) is 5.91 Å². The van der Waals surface area contributed by atoms with Crippen molar-refractivity contribution in [1.29, 1.82) is 0 Å². The van der Waals surface area contributed by atoms with E-state index in [1.807, 2.05) is 0 Å². The number of rotatable bonds is 6. The Kier molecular flexibility index (Phi) is 5.58. The van der Waals surface area contributed by atoms with E-state index in [1.165, 1.54) is 18.5 Å². The maximum Gasteiger partial charge on any atom is 0.332 e. The number of esters is 1. The summed E-state index contributed by atoms with van der Waals surface area (Å²) in [5.74, 6) is -1.00. The van der Waals surface area contributed by atoms with Crippen LogP contribution in [0.2, 0.25) is 0 Å². The fourth-order valence-corrected chi connectivity index (χ4v) is 1.57. The maximum atomic E-state index is 11.8.